The van der Waals surface area contributed by atoms with Crippen molar-refractivity contribution >= 4 is 56.5 Å². The number of aromatic nitrogens is 1. The van der Waals surface area contributed by atoms with E-state index in [1.807, 2.05) is 30.3 Å². The van der Waals surface area contributed by atoms with Gasteiger partial charge in [0.2, 0.25) is 0 Å². The lowest BCUT2D eigenvalue weighted by molar-refractivity contribution is 0.0322. The van der Waals surface area contributed by atoms with Crippen LogP contribution < -0.4 is 20.7 Å². The number of carbonyl (C=O) groups excluding carboxylic acids is 2. The minimum Gasteiger partial charge on any atom is -0.492 e. The molecule has 1 fully saturated rings. The standard InChI is InChI=1S/C31H34ClN5O5/c32-17-21-18-37(28-16-25(33)24-14-19(30(39)34-5-9-38)1-3-23(24)29(21)28)31(40)27-15-20-13-22(2-4-26(20)35-27)42-12-8-36-6-10-41-11-7-36/h1-4,13-16,21,35,38H,5-12,17-18,33H2,(H,34,39). The Morgan fingerprint density at radius 3 is 2.74 bits per heavy atom. The largest absolute Gasteiger partial charge is 0.492 e. The molecule has 3 heterocycles. The Hall–Kier alpha value is -3.83. The van der Waals surface area contributed by atoms with Gasteiger partial charge in [-0.15, -0.1) is 11.6 Å². The Morgan fingerprint density at radius 1 is 1.12 bits per heavy atom. The van der Waals surface area contributed by atoms with Crippen molar-refractivity contribution < 1.29 is 24.2 Å². The number of aliphatic hydroxyl groups excluding tert-OH is 1. The molecule has 0 radical (unpaired) electrons. The molecule has 11 heteroatoms. The topological polar surface area (TPSA) is 133 Å². The highest BCUT2D eigenvalue weighted by Crippen LogP contribution is 2.45. The van der Waals surface area contributed by atoms with Crippen LogP contribution in [0.4, 0.5) is 11.4 Å². The van der Waals surface area contributed by atoms with Gasteiger partial charge in [-0.25, -0.2) is 0 Å². The molecule has 220 valence electrons. The zero-order valence-electron chi connectivity index (χ0n) is 23.2. The van der Waals surface area contributed by atoms with Gasteiger partial charge in [0.25, 0.3) is 11.8 Å². The van der Waals surface area contributed by atoms with Crippen LogP contribution in [0.25, 0.3) is 21.7 Å². The maximum Gasteiger partial charge on any atom is 0.274 e. The highest BCUT2D eigenvalue weighted by Gasteiger charge is 2.35. The molecule has 6 rings (SSSR count). The fourth-order valence-electron chi connectivity index (χ4n) is 5.83. The molecule has 1 atom stereocenters. The number of ether oxygens (including phenoxy) is 2. The Morgan fingerprint density at radius 2 is 1.95 bits per heavy atom. The maximum atomic E-state index is 13.9. The average Bonchev–Trinajstić information content (AvgIpc) is 3.61. The van der Waals surface area contributed by atoms with E-state index in [-0.39, 0.29) is 30.9 Å². The quantitative estimate of drug-likeness (QED) is 0.173. The van der Waals surface area contributed by atoms with Gasteiger partial charge in [0.15, 0.2) is 0 Å². The van der Waals surface area contributed by atoms with E-state index in [1.54, 1.807) is 23.1 Å². The van der Waals surface area contributed by atoms with Gasteiger partial charge in [0.1, 0.15) is 18.1 Å². The molecule has 5 N–H and O–H groups in total. The van der Waals surface area contributed by atoms with Crippen LogP contribution in [0.1, 0.15) is 32.3 Å². The summed E-state index contributed by atoms with van der Waals surface area (Å²) in [5, 5.41) is 14.2. The second kappa shape index (κ2) is 12.2. The summed E-state index contributed by atoms with van der Waals surface area (Å²) in [6.45, 7) is 5.21. The van der Waals surface area contributed by atoms with Gasteiger partial charge in [-0.1, -0.05) is 6.07 Å². The molecule has 1 unspecified atom stereocenters. The zero-order chi connectivity index (χ0) is 29.2. The normalized spacial score (nSPS) is 17.1. The second-order valence-electron chi connectivity index (χ2n) is 10.6. The first-order valence-electron chi connectivity index (χ1n) is 14.2. The van der Waals surface area contributed by atoms with Crippen molar-refractivity contribution in [1.82, 2.24) is 15.2 Å². The molecule has 2 aliphatic rings. The molecule has 0 spiro atoms. The van der Waals surface area contributed by atoms with Crippen molar-refractivity contribution in [1.29, 1.82) is 0 Å². The summed E-state index contributed by atoms with van der Waals surface area (Å²) in [6.07, 6.45) is 0. The number of nitrogens with two attached hydrogens (primary N) is 1. The van der Waals surface area contributed by atoms with E-state index in [1.165, 1.54) is 0 Å². The van der Waals surface area contributed by atoms with Gasteiger partial charge in [-0.05, 0) is 53.4 Å². The summed E-state index contributed by atoms with van der Waals surface area (Å²) in [7, 11) is 0. The third-order valence-electron chi connectivity index (χ3n) is 7.98. The highest BCUT2D eigenvalue weighted by atomic mass is 35.5. The first kappa shape index (κ1) is 28.3. The summed E-state index contributed by atoms with van der Waals surface area (Å²) in [5.41, 5.74) is 10.4. The monoisotopic (exact) mass is 591 g/mol. The van der Waals surface area contributed by atoms with Crippen LogP contribution in [0.2, 0.25) is 0 Å². The summed E-state index contributed by atoms with van der Waals surface area (Å²) in [5.74, 6) is 0.520. The number of aromatic amines is 1. The van der Waals surface area contributed by atoms with Crippen LogP contribution in [0.3, 0.4) is 0 Å². The van der Waals surface area contributed by atoms with Crippen molar-refractivity contribution in [2.75, 3.05) is 75.7 Å². The molecule has 0 saturated carbocycles. The number of halogens is 1. The smallest absolute Gasteiger partial charge is 0.274 e. The highest BCUT2D eigenvalue weighted by molar-refractivity contribution is 6.19. The fourth-order valence-corrected chi connectivity index (χ4v) is 6.08. The van der Waals surface area contributed by atoms with Crippen LogP contribution >= 0.6 is 11.6 Å². The predicted octanol–water partition coefficient (Wildman–Crippen LogP) is 3.32. The van der Waals surface area contributed by atoms with E-state index in [9.17, 15) is 9.59 Å². The predicted molar refractivity (Wildman–Crippen MR) is 164 cm³/mol. The minimum atomic E-state index is -0.291. The lowest BCUT2D eigenvalue weighted by atomic mass is 9.93. The molecule has 4 aromatic rings. The molecule has 1 saturated heterocycles. The van der Waals surface area contributed by atoms with Gasteiger partial charge in [-0.3, -0.25) is 14.5 Å². The van der Waals surface area contributed by atoms with Crippen molar-refractivity contribution in [2.45, 2.75) is 5.92 Å². The van der Waals surface area contributed by atoms with Crippen LogP contribution in [0.15, 0.2) is 48.5 Å². The number of nitrogens with one attached hydrogen (secondary N) is 2. The number of carbonyl (C=O) groups is 2. The van der Waals surface area contributed by atoms with E-state index < -0.39 is 0 Å². The first-order valence-corrected chi connectivity index (χ1v) is 14.7. The SMILES string of the molecule is Nc1cc2c(c3ccc(C(=O)NCCO)cc13)C(CCl)CN2C(=O)c1cc2cc(OCCN3CCOCC3)ccc2[nH]1. The molecular weight excluding hydrogens is 558 g/mol. The molecule has 42 heavy (non-hydrogen) atoms. The number of hydrogen-bond acceptors (Lipinski definition) is 7. The molecule has 1 aromatic heterocycles. The molecule has 10 nitrogen and oxygen atoms in total. The Bertz CT molecular complexity index is 1630. The fraction of sp³-hybridized carbons (Fsp3) is 0.355. The number of amides is 2. The zero-order valence-corrected chi connectivity index (χ0v) is 24.0. The van der Waals surface area contributed by atoms with Crippen LogP contribution in [0, 0.1) is 0 Å². The van der Waals surface area contributed by atoms with E-state index in [4.69, 9.17) is 31.9 Å². The third-order valence-corrected chi connectivity index (χ3v) is 8.36. The lowest BCUT2D eigenvalue weighted by Crippen LogP contribution is -2.38. The van der Waals surface area contributed by atoms with Gasteiger partial charge in [0.05, 0.1) is 25.5 Å². The van der Waals surface area contributed by atoms with Gasteiger partial charge in [0, 0.05) is 72.1 Å². The molecule has 0 aliphatic carbocycles. The molecular formula is C31H34ClN5O5. The number of alkyl halides is 1. The van der Waals surface area contributed by atoms with Crippen molar-refractivity contribution in [3.8, 4) is 5.75 Å². The van der Waals surface area contributed by atoms with Crippen molar-refractivity contribution in [3.63, 3.8) is 0 Å². The number of anilines is 2. The summed E-state index contributed by atoms with van der Waals surface area (Å²) < 4.78 is 11.4. The minimum absolute atomic E-state index is 0.0985. The van der Waals surface area contributed by atoms with Gasteiger partial charge in [-0.2, -0.15) is 0 Å². The summed E-state index contributed by atoms with van der Waals surface area (Å²) >= 11 is 6.42. The van der Waals surface area contributed by atoms with Gasteiger partial charge >= 0.3 is 0 Å². The number of rotatable bonds is 9. The first-order chi connectivity index (χ1) is 20.5. The van der Waals surface area contributed by atoms with Crippen molar-refractivity contribution in [3.05, 3.63) is 65.4 Å². The average molecular weight is 592 g/mol. The number of H-pyrrole nitrogens is 1. The number of benzene rings is 3. The molecule has 0 bridgehead atoms. The number of nitrogen functional groups attached to an aromatic ring is 1. The third kappa shape index (κ3) is 5.50. The molecule has 2 aliphatic heterocycles. The van der Waals surface area contributed by atoms with E-state index in [0.29, 0.717) is 36.0 Å². The van der Waals surface area contributed by atoms with Crippen LogP contribution in [0.5, 0.6) is 5.75 Å². The molecule has 3 aromatic carbocycles. The maximum absolute atomic E-state index is 13.9. The number of aliphatic hydroxyl groups is 1. The number of hydrogen-bond donors (Lipinski definition) is 4. The Balaban J connectivity index is 1.24. The number of morpholine rings is 1. The van der Waals surface area contributed by atoms with Crippen molar-refractivity contribution in [2.24, 2.45) is 0 Å². The Labute approximate surface area is 248 Å². The summed E-state index contributed by atoms with van der Waals surface area (Å²) in [4.78, 5) is 33.6. The van der Waals surface area contributed by atoms with Gasteiger partial charge < -0.3 is 35.5 Å². The van der Waals surface area contributed by atoms with E-state index in [2.05, 4.69) is 15.2 Å². The van der Waals surface area contributed by atoms with Crippen LogP contribution in [-0.4, -0.2) is 91.8 Å². The lowest BCUT2D eigenvalue weighted by Gasteiger charge is -2.26. The van der Waals surface area contributed by atoms with E-state index >= 15 is 0 Å². The van der Waals surface area contributed by atoms with Crippen LogP contribution in [-0.2, 0) is 4.74 Å². The number of fused-ring (bicyclic) bond motifs is 4. The second-order valence-corrected chi connectivity index (χ2v) is 10.9. The number of nitrogens with zero attached hydrogens (tertiary/aromatic N) is 2. The van der Waals surface area contributed by atoms with E-state index in [0.717, 1.165) is 71.5 Å². The summed E-state index contributed by atoms with van der Waals surface area (Å²) in [6, 6.07) is 14.7. The molecule has 2 amide bonds. The Kier molecular flexibility index (Phi) is 8.21.